The van der Waals surface area contributed by atoms with Crippen molar-refractivity contribution in [1.29, 1.82) is 0 Å². The molecule has 6 heteroatoms. The van der Waals surface area contributed by atoms with E-state index in [9.17, 15) is 4.79 Å². The van der Waals surface area contributed by atoms with Gasteiger partial charge >= 0.3 is 0 Å². The van der Waals surface area contributed by atoms with Crippen molar-refractivity contribution in [2.24, 2.45) is 0 Å². The molecule has 0 N–H and O–H groups in total. The highest BCUT2D eigenvalue weighted by atomic mass is 16.2. The molecule has 6 nitrogen and oxygen atoms in total. The van der Waals surface area contributed by atoms with Crippen molar-refractivity contribution in [3.63, 3.8) is 0 Å². The van der Waals surface area contributed by atoms with Crippen LogP contribution in [0.2, 0.25) is 0 Å². The van der Waals surface area contributed by atoms with E-state index < -0.39 is 0 Å². The Kier molecular flexibility index (Phi) is 4.58. The fraction of sp³-hybridized carbons (Fsp3) is 0.364. The molecule has 1 amide bonds. The zero-order chi connectivity index (χ0) is 18.9. The summed E-state index contributed by atoms with van der Waals surface area (Å²) in [6, 6.07) is 14.3. The summed E-state index contributed by atoms with van der Waals surface area (Å²) in [7, 11) is 0. The van der Waals surface area contributed by atoms with E-state index in [1.54, 1.807) is 0 Å². The Balaban J connectivity index is 1.15. The van der Waals surface area contributed by atoms with Gasteiger partial charge in [-0.2, -0.15) is 0 Å². The first-order valence-corrected chi connectivity index (χ1v) is 10.0. The second-order valence-corrected chi connectivity index (χ2v) is 7.67. The zero-order valence-corrected chi connectivity index (χ0v) is 16.0. The lowest BCUT2D eigenvalue weighted by Crippen LogP contribution is -2.49. The highest BCUT2D eigenvalue weighted by molar-refractivity contribution is 5.96. The zero-order valence-electron chi connectivity index (χ0n) is 16.0. The highest BCUT2D eigenvalue weighted by Gasteiger charge is 2.27. The Morgan fingerprint density at radius 2 is 1.71 bits per heavy atom. The molecule has 0 unspecified atom stereocenters. The Hall–Kier alpha value is -2.70. The SMILES string of the molecule is O=C(CN1CCN(Cc2cn3ccccc3n2)CC1)N1CCc2ccccc21. The summed E-state index contributed by atoms with van der Waals surface area (Å²) in [5.41, 5.74) is 4.48. The molecule has 5 rings (SSSR count). The fourth-order valence-electron chi connectivity index (χ4n) is 4.27. The van der Waals surface area contributed by atoms with Crippen LogP contribution < -0.4 is 4.90 Å². The molecule has 0 saturated carbocycles. The van der Waals surface area contributed by atoms with E-state index in [0.717, 1.165) is 62.7 Å². The highest BCUT2D eigenvalue weighted by Crippen LogP contribution is 2.27. The van der Waals surface area contributed by atoms with Crippen LogP contribution in [0.4, 0.5) is 5.69 Å². The molecule has 3 aromatic rings. The summed E-state index contributed by atoms with van der Waals surface area (Å²) < 4.78 is 2.07. The molecule has 1 saturated heterocycles. The third-order valence-electron chi connectivity index (χ3n) is 5.81. The molecule has 0 aliphatic carbocycles. The standard InChI is InChI=1S/C22H25N5O/c28-22(27-10-8-18-5-1-2-6-20(18)27)17-25-13-11-24(12-14-25)15-19-16-26-9-4-3-7-21(26)23-19/h1-7,9,16H,8,10-15,17H2. The monoisotopic (exact) mass is 375 g/mol. The predicted octanol–water partition coefficient (Wildman–Crippen LogP) is 2.04. The molecule has 2 aliphatic rings. The van der Waals surface area contributed by atoms with Crippen molar-refractivity contribution in [3.8, 4) is 0 Å². The van der Waals surface area contributed by atoms with Gasteiger partial charge in [-0.15, -0.1) is 0 Å². The summed E-state index contributed by atoms with van der Waals surface area (Å²) in [5.74, 6) is 0.221. The number of pyridine rings is 1. The van der Waals surface area contributed by atoms with Gasteiger partial charge in [-0.3, -0.25) is 14.6 Å². The van der Waals surface area contributed by atoms with Crippen molar-refractivity contribution in [2.75, 3.05) is 44.2 Å². The number of rotatable bonds is 4. The fourth-order valence-corrected chi connectivity index (χ4v) is 4.27. The molecule has 4 heterocycles. The maximum absolute atomic E-state index is 12.8. The molecule has 0 atom stereocenters. The van der Waals surface area contributed by atoms with Crippen LogP contribution in [0.3, 0.4) is 0 Å². The smallest absolute Gasteiger partial charge is 0.241 e. The van der Waals surface area contributed by atoms with E-state index in [1.165, 1.54) is 5.56 Å². The van der Waals surface area contributed by atoms with Gasteiger partial charge in [0.1, 0.15) is 5.65 Å². The number of imidazole rings is 1. The minimum Gasteiger partial charge on any atom is -0.311 e. The van der Waals surface area contributed by atoms with Gasteiger partial charge < -0.3 is 9.30 Å². The third-order valence-corrected chi connectivity index (χ3v) is 5.81. The average molecular weight is 375 g/mol. The number of anilines is 1. The van der Waals surface area contributed by atoms with E-state index in [1.807, 2.05) is 35.4 Å². The van der Waals surface area contributed by atoms with Gasteiger partial charge in [-0.25, -0.2) is 4.98 Å². The topological polar surface area (TPSA) is 44.1 Å². The number of nitrogens with zero attached hydrogens (tertiary/aromatic N) is 5. The molecular weight excluding hydrogens is 350 g/mol. The van der Waals surface area contributed by atoms with E-state index in [0.29, 0.717) is 6.54 Å². The summed E-state index contributed by atoms with van der Waals surface area (Å²) >= 11 is 0. The Bertz CT molecular complexity index is 956. The van der Waals surface area contributed by atoms with Crippen molar-refractivity contribution in [3.05, 3.63) is 66.1 Å². The molecule has 0 radical (unpaired) electrons. The van der Waals surface area contributed by atoms with Crippen LogP contribution in [0.1, 0.15) is 11.3 Å². The van der Waals surface area contributed by atoms with Gasteiger partial charge in [0.25, 0.3) is 0 Å². The van der Waals surface area contributed by atoms with E-state index >= 15 is 0 Å². The third kappa shape index (κ3) is 3.41. The first kappa shape index (κ1) is 17.4. The molecule has 0 bridgehead atoms. The minimum atomic E-state index is 0.221. The van der Waals surface area contributed by atoms with Crippen LogP contribution in [0.25, 0.3) is 5.65 Å². The molecule has 1 aromatic carbocycles. The number of carbonyl (C=O) groups is 1. The summed E-state index contributed by atoms with van der Waals surface area (Å²) in [4.78, 5) is 24.2. The summed E-state index contributed by atoms with van der Waals surface area (Å²) in [5, 5.41) is 0. The Morgan fingerprint density at radius 1 is 0.929 bits per heavy atom. The van der Waals surface area contributed by atoms with E-state index in [-0.39, 0.29) is 5.91 Å². The number of hydrogen-bond donors (Lipinski definition) is 0. The molecule has 2 aromatic heterocycles. The van der Waals surface area contributed by atoms with Gasteiger partial charge in [0, 0.05) is 57.3 Å². The normalized spacial score (nSPS) is 17.9. The number of aromatic nitrogens is 2. The maximum atomic E-state index is 12.8. The molecular formula is C22H25N5O. The second kappa shape index (κ2) is 7.37. The van der Waals surface area contributed by atoms with Crippen LogP contribution in [0.5, 0.6) is 0 Å². The number of amides is 1. The van der Waals surface area contributed by atoms with Gasteiger partial charge in [0.2, 0.25) is 5.91 Å². The quantitative estimate of drug-likeness (QED) is 0.700. The van der Waals surface area contributed by atoms with Gasteiger partial charge in [-0.05, 0) is 30.2 Å². The molecule has 144 valence electrons. The largest absolute Gasteiger partial charge is 0.311 e. The number of para-hydroxylation sites is 1. The first-order chi connectivity index (χ1) is 13.8. The number of fused-ring (bicyclic) bond motifs is 2. The number of benzene rings is 1. The van der Waals surface area contributed by atoms with Crippen LogP contribution in [-0.2, 0) is 17.8 Å². The summed E-state index contributed by atoms with van der Waals surface area (Å²) in [6.45, 7) is 5.98. The van der Waals surface area contributed by atoms with Crippen molar-refractivity contribution in [1.82, 2.24) is 19.2 Å². The summed E-state index contributed by atoms with van der Waals surface area (Å²) in [6.07, 6.45) is 5.11. The van der Waals surface area contributed by atoms with Crippen molar-refractivity contribution < 1.29 is 4.79 Å². The molecule has 28 heavy (non-hydrogen) atoms. The van der Waals surface area contributed by atoms with Crippen LogP contribution in [0, 0.1) is 0 Å². The Morgan fingerprint density at radius 3 is 2.57 bits per heavy atom. The Labute approximate surface area is 165 Å². The van der Waals surface area contributed by atoms with Gasteiger partial charge in [0.05, 0.1) is 12.2 Å². The molecule has 2 aliphatic heterocycles. The van der Waals surface area contributed by atoms with Crippen molar-refractivity contribution in [2.45, 2.75) is 13.0 Å². The van der Waals surface area contributed by atoms with E-state index in [4.69, 9.17) is 4.98 Å². The van der Waals surface area contributed by atoms with Crippen LogP contribution >= 0.6 is 0 Å². The predicted molar refractivity (Wildman–Crippen MR) is 109 cm³/mol. The lowest BCUT2D eigenvalue weighted by Gasteiger charge is -2.34. The molecule has 1 fully saturated rings. The molecule has 0 spiro atoms. The first-order valence-electron chi connectivity index (χ1n) is 10.0. The van der Waals surface area contributed by atoms with Gasteiger partial charge in [-0.1, -0.05) is 24.3 Å². The van der Waals surface area contributed by atoms with E-state index in [2.05, 4.69) is 38.6 Å². The lowest BCUT2D eigenvalue weighted by atomic mass is 10.2. The average Bonchev–Trinajstić information content (AvgIpc) is 3.33. The van der Waals surface area contributed by atoms with Crippen molar-refractivity contribution >= 4 is 17.2 Å². The van der Waals surface area contributed by atoms with Crippen LogP contribution in [-0.4, -0.2) is 64.4 Å². The minimum absolute atomic E-state index is 0.221. The number of piperazine rings is 1. The van der Waals surface area contributed by atoms with Crippen LogP contribution in [0.15, 0.2) is 54.9 Å². The lowest BCUT2D eigenvalue weighted by molar-refractivity contribution is -0.120. The number of hydrogen-bond acceptors (Lipinski definition) is 4. The second-order valence-electron chi connectivity index (χ2n) is 7.67. The number of carbonyl (C=O) groups excluding carboxylic acids is 1. The van der Waals surface area contributed by atoms with Gasteiger partial charge in [0.15, 0.2) is 0 Å². The maximum Gasteiger partial charge on any atom is 0.241 e.